The van der Waals surface area contributed by atoms with Gasteiger partial charge in [0.1, 0.15) is 0 Å². The molecule has 92 valence electrons. The van der Waals surface area contributed by atoms with Crippen LogP contribution in [0.15, 0.2) is 11.6 Å². The van der Waals surface area contributed by atoms with Gasteiger partial charge in [-0.25, -0.2) is 0 Å². The van der Waals surface area contributed by atoms with E-state index in [-0.39, 0.29) is 0 Å². The maximum absolute atomic E-state index is 5.69. The molecule has 0 aromatic carbocycles. The van der Waals surface area contributed by atoms with Crippen LogP contribution in [0.1, 0.15) is 39.5 Å². The van der Waals surface area contributed by atoms with Crippen molar-refractivity contribution >= 4 is 0 Å². The fourth-order valence-corrected chi connectivity index (χ4v) is 3.43. The lowest BCUT2D eigenvalue weighted by molar-refractivity contribution is 0.121. The summed E-state index contributed by atoms with van der Waals surface area (Å²) in [7, 11) is 2.28. The molecule has 0 spiro atoms. The third-order valence-electron chi connectivity index (χ3n) is 4.35. The highest BCUT2D eigenvalue weighted by atomic mass is 15.2. The van der Waals surface area contributed by atoms with Crippen LogP contribution in [0.4, 0.5) is 0 Å². The first-order chi connectivity index (χ1) is 7.61. The summed E-state index contributed by atoms with van der Waals surface area (Å²) in [5, 5.41) is 0. The van der Waals surface area contributed by atoms with E-state index in [1.54, 1.807) is 0 Å². The molecule has 2 aliphatic rings. The molecule has 2 bridgehead atoms. The van der Waals surface area contributed by atoms with Gasteiger partial charge < -0.3 is 4.90 Å². The van der Waals surface area contributed by atoms with E-state index in [1.807, 2.05) is 0 Å². The minimum atomic E-state index is 0.363. The first-order valence-electron chi connectivity index (χ1n) is 6.45. The molecule has 2 fully saturated rings. The van der Waals surface area contributed by atoms with E-state index in [2.05, 4.69) is 37.3 Å². The van der Waals surface area contributed by atoms with E-state index in [0.29, 0.717) is 12.0 Å². The van der Waals surface area contributed by atoms with Crippen LogP contribution >= 0.6 is 0 Å². The van der Waals surface area contributed by atoms with Crippen LogP contribution in [0.25, 0.3) is 0 Å². The number of piperidine rings is 1. The SMILES string of the molecule is CC(C)=CC(NN)C1CC2CCC(C1)N2C. The molecule has 3 unspecified atom stereocenters. The number of hydrogen-bond acceptors (Lipinski definition) is 3. The average molecular weight is 223 g/mol. The first-order valence-corrected chi connectivity index (χ1v) is 6.45. The summed E-state index contributed by atoms with van der Waals surface area (Å²) in [4.78, 5) is 2.58. The highest BCUT2D eigenvalue weighted by molar-refractivity contribution is 5.06. The summed E-state index contributed by atoms with van der Waals surface area (Å²) < 4.78 is 0. The Kier molecular flexibility index (Phi) is 3.67. The van der Waals surface area contributed by atoms with Crippen LogP contribution in [-0.4, -0.2) is 30.1 Å². The predicted octanol–water partition coefficient (Wildman–Crippen LogP) is 1.66. The number of nitrogens with zero attached hydrogens (tertiary/aromatic N) is 1. The normalized spacial score (nSPS) is 36.1. The molecule has 2 rings (SSSR count). The van der Waals surface area contributed by atoms with Crippen molar-refractivity contribution in [1.82, 2.24) is 10.3 Å². The molecule has 2 heterocycles. The third kappa shape index (κ3) is 2.31. The number of nitrogens with two attached hydrogens (primary N) is 1. The van der Waals surface area contributed by atoms with Crippen LogP contribution in [0.3, 0.4) is 0 Å². The van der Waals surface area contributed by atoms with Gasteiger partial charge >= 0.3 is 0 Å². The second kappa shape index (κ2) is 4.86. The second-order valence-electron chi connectivity index (χ2n) is 5.72. The minimum absolute atomic E-state index is 0.363. The third-order valence-corrected chi connectivity index (χ3v) is 4.35. The number of rotatable bonds is 3. The summed E-state index contributed by atoms with van der Waals surface area (Å²) in [6.07, 6.45) is 7.64. The summed E-state index contributed by atoms with van der Waals surface area (Å²) in [6.45, 7) is 4.29. The Morgan fingerprint density at radius 3 is 2.31 bits per heavy atom. The van der Waals surface area contributed by atoms with Crippen molar-refractivity contribution in [3.63, 3.8) is 0 Å². The number of allylic oxidation sites excluding steroid dienone is 1. The van der Waals surface area contributed by atoms with Crippen molar-refractivity contribution in [2.24, 2.45) is 11.8 Å². The summed E-state index contributed by atoms with van der Waals surface area (Å²) in [5.41, 5.74) is 4.35. The molecule has 3 N–H and O–H groups in total. The summed E-state index contributed by atoms with van der Waals surface area (Å²) in [6, 6.07) is 1.96. The number of fused-ring (bicyclic) bond motifs is 2. The molecule has 0 aromatic rings. The van der Waals surface area contributed by atoms with E-state index >= 15 is 0 Å². The zero-order valence-electron chi connectivity index (χ0n) is 10.7. The predicted molar refractivity (Wildman–Crippen MR) is 67.8 cm³/mol. The lowest BCUT2D eigenvalue weighted by Gasteiger charge is -2.39. The van der Waals surface area contributed by atoms with Crippen molar-refractivity contribution in [3.8, 4) is 0 Å². The first kappa shape index (κ1) is 12.1. The van der Waals surface area contributed by atoms with Crippen LogP contribution in [0.5, 0.6) is 0 Å². The van der Waals surface area contributed by atoms with Crippen molar-refractivity contribution in [1.29, 1.82) is 0 Å². The van der Waals surface area contributed by atoms with Gasteiger partial charge in [-0.3, -0.25) is 11.3 Å². The van der Waals surface area contributed by atoms with Gasteiger partial charge in [0.05, 0.1) is 0 Å². The number of nitrogens with one attached hydrogen (secondary N) is 1. The van der Waals surface area contributed by atoms with E-state index < -0.39 is 0 Å². The maximum atomic E-state index is 5.69. The minimum Gasteiger partial charge on any atom is -0.300 e. The van der Waals surface area contributed by atoms with Gasteiger partial charge in [-0.05, 0) is 52.5 Å². The number of hydrazine groups is 1. The van der Waals surface area contributed by atoms with Gasteiger partial charge in [-0.1, -0.05) is 11.6 Å². The van der Waals surface area contributed by atoms with Crippen LogP contribution in [-0.2, 0) is 0 Å². The van der Waals surface area contributed by atoms with Gasteiger partial charge in [0.15, 0.2) is 0 Å². The monoisotopic (exact) mass is 223 g/mol. The van der Waals surface area contributed by atoms with Gasteiger partial charge in [0.2, 0.25) is 0 Å². The topological polar surface area (TPSA) is 41.3 Å². The Morgan fingerprint density at radius 2 is 1.88 bits per heavy atom. The van der Waals surface area contributed by atoms with Gasteiger partial charge in [0.25, 0.3) is 0 Å². The quantitative estimate of drug-likeness (QED) is 0.434. The van der Waals surface area contributed by atoms with Crippen molar-refractivity contribution in [3.05, 3.63) is 11.6 Å². The molecule has 0 aromatic heterocycles. The van der Waals surface area contributed by atoms with E-state index in [0.717, 1.165) is 12.1 Å². The lowest BCUT2D eigenvalue weighted by atomic mass is 9.85. The average Bonchev–Trinajstić information content (AvgIpc) is 2.50. The second-order valence-corrected chi connectivity index (χ2v) is 5.72. The van der Waals surface area contributed by atoms with Gasteiger partial charge in [-0.2, -0.15) is 0 Å². The van der Waals surface area contributed by atoms with Crippen molar-refractivity contribution in [2.75, 3.05) is 7.05 Å². The van der Waals surface area contributed by atoms with Crippen LogP contribution in [0, 0.1) is 5.92 Å². The molecule has 3 nitrogen and oxygen atoms in total. The van der Waals surface area contributed by atoms with Crippen molar-refractivity contribution < 1.29 is 0 Å². The van der Waals surface area contributed by atoms with E-state index in [9.17, 15) is 0 Å². The molecular weight excluding hydrogens is 198 g/mol. The molecule has 2 aliphatic heterocycles. The zero-order valence-corrected chi connectivity index (χ0v) is 10.7. The molecule has 0 aliphatic carbocycles. The highest BCUT2D eigenvalue weighted by Gasteiger charge is 2.40. The zero-order chi connectivity index (χ0) is 11.7. The lowest BCUT2D eigenvalue weighted by Crippen LogP contribution is -2.48. The molecule has 16 heavy (non-hydrogen) atoms. The maximum Gasteiger partial charge on any atom is 0.0422 e. The molecule has 0 amide bonds. The fourth-order valence-electron chi connectivity index (χ4n) is 3.43. The Hall–Kier alpha value is -0.380. The molecule has 3 heteroatoms. The Morgan fingerprint density at radius 1 is 1.31 bits per heavy atom. The Balaban J connectivity index is 2.03. The van der Waals surface area contributed by atoms with Gasteiger partial charge in [-0.15, -0.1) is 0 Å². The fraction of sp³-hybridized carbons (Fsp3) is 0.846. The van der Waals surface area contributed by atoms with Crippen molar-refractivity contribution in [2.45, 2.75) is 57.7 Å². The van der Waals surface area contributed by atoms with E-state index in [4.69, 9.17) is 5.84 Å². The molecule has 0 radical (unpaired) electrons. The molecule has 0 saturated carbocycles. The van der Waals surface area contributed by atoms with E-state index in [1.165, 1.54) is 31.3 Å². The number of hydrogen-bond donors (Lipinski definition) is 2. The standard InChI is InChI=1S/C13H25N3/c1-9(2)6-13(15-14)10-7-11-4-5-12(8-10)16(11)3/h6,10-13,15H,4-5,7-8,14H2,1-3H3. The summed E-state index contributed by atoms with van der Waals surface area (Å²) in [5.74, 6) is 6.41. The molecule has 2 saturated heterocycles. The Labute approximate surface area is 99.0 Å². The molecular formula is C13H25N3. The van der Waals surface area contributed by atoms with Crippen LogP contribution in [0.2, 0.25) is 0 Å². The van der Waals surface area contributed by atoms with Gasteiger partial charge in [0, 0.05) is 18.1 Å². The molecule has 3 atom stereocenters. The Bertz CT molecular complexity index is 256. The summed E-state index contributed by atoms with van der Waals surface area (Å²) >= 11 is 0. The highest BCUT2D eigenvalue weighted by Crippen LogP contribution is 2.38. The smallest absolute Gasteiger partial charge is 0.0422 e. The van der Waals surface area contributed by atoms with Crippen LogP contribution < -0.4 is 11.3 Å². The largest absolute Gasteiger partial charge is 0.300 e.